The van der Waals surface area contributed by atoms with Crippen LogP contribution in [0.3, 0.4) is 0 Å². The van der Waals surface area contributed by atoms with E-state index in [1.165, 1.54) is 4.88 Å². The molecule has 0 spiro atoms. The third kappa shape index (κ3) is 3.17. The molecule has 0 aliphatic carbocycles. The van der Waals surface area contributed by atoms with Gasteiger partial charge < -0.3 is 4.74 Å². The third-order valence-electron chi connectivity index (χ3n) is 2.69. The van der Waals surface area contributed by atoms with Crippen LogP contribution in [-0.4, -0.2) is 17.6 Å². The smallest absolute Gasteiger partial charge is 0.338 e. The van der Waals surface area contributed by atoms with Crippen LogP contribution in [0.4, 0.5) is 0 Å². The van der Waals surface area contributed by atoms with Crippen LogP contribution < -0.4 is 0 Å². The molecule has 3 nitrogen and oxygen atoms in total. The highest BCUT2D eigenvalue weighted by Crippen LogP contribution is 2.13. The molecule has 0 unspecified atom stereocenters. The van der Waals surface area contributed by atoms with Gasteiger partial charge in [0.2, 0.25) is 0 Å². The van der Waals surface area contributed by atoms with Gasteiger partial charge in [-0.2, -0.15) is 0 Å². The van der Waals surface area contributed by atoms with Gasteiger partial charge in [-0.15, -0.1) is 11.3 Å². The summed E-state index contributed by atoms with van der Waals surface area (Å²) < 4.78 is 5.24. The minimum Gasteiger partial charge on any atom is -0.462 e. The van der Waals surface area contributed by atoms with Crippen LogP contribution in [0.15, 0.2) is 29.8 Å². The second-order valence-corrected chi connectivity index (χ2v) is 5.05. The number of thiazole rings is 1. The van der Waals surface area contributed by atoms with Crippen molar-refractivity contribution in [3.05, 3.63) is 51.5 Å². The fraction of sp³-hybridized carbons (Fsp3) is 0.286. The number of aromatic nitrogens is 1. The summed E-state index contributed by atoms with van der Waals surface area (Å²) in [6.07, 6.45) is 0.730. The van der Waals surface area contributed by atoms with E-state index < -0.39 is 0 Å². The molecule has 1 aromatic carbocycles. The van der Waals surface area contributed by atoms with Crippen molar-refractivity contribution >= 4 is 17.3 Å². The molecule has 94 valence electrons. The largest absolute Gasteiger partial charge is 0.462 e. The Morgan fingerprint density at radius 2 is 2.00 bits per heavy atom. The summed E-state index contributed by atoms with van der Waals surface area (Å²) in [6.45, 7) is 4.35. The number of esters is 1. The van der Waals surface area contributed by atoms with E-state index in [0.717, 1.165) is 17.7 Å². The highest BCUT2D eigenvalue weighted by molar-refractivity contribution is 7.09. The first-order chi connectivity index (χ1) is 8.66. The van der Waals surface area contributed by atoms with Gasteiger partial charge >= 0.3 is 5.97 Å². The molecular formula is C14H15NO2S. The lowest BCUT2D eigenvalue weighted by atomic mass is 10.1. The molecule has 0 bridgehead atoms. The number of nitrogens with zero attached hydrogens (tertiary/aromatic N) is 1. The van der Waals surface area contributed by atoms with E-state index in [4.69, 9.17) is 4.74 Å². The van der Waals surface area contributed by atoms with Crippen molar-refractivity contribution in [2.24, 2.45) is 0 Å². The molecule has 0 aliphatic heterocycles. The molecule has 18 heavy (non-hydrogen) atoms. The fourth-order valence-corrected chi connectivity index (χ4v) is 2.34. The molecule has 0 fully saturated rings. The summed E-state index contributed by atoms with van der Waals surface area (Å²) >= 11 is 1.60. The van der Waals surface area contributed by atoms with Crippen molar-refractivity contribution in [3.63, 3.8) is 0 Å². The molecule has 2 rings (SSSR count). The number of carbonyl (C=O) groups excluding carboxylic acids is 1. The lowest BCUT2D eigenvalue weighted by Crippen LogP contribution is -2.08. The van der Waals surface area contributed by atoms with E-state index in [0.29, 0.717) is 12.2 Å². The molecule has 0 saturated carbocycles. The first-order valence-electron chi connectivity index (χ1n) is 5.79. The second-order valence-electron chi connectivity index (χ2n) is 4.11. The topological polar surface area (TPSA) is 39.2 Å². The molecule has 0 aliphatic rings. The Bertz CT molecular complexity index is 531. The van der Waals surface area contributed by atoms with Gasteiger partial charge in [-0.1, -0.05) is 17.7 Å². The van der Waals surface area contributed by atoms with E-state index in [1.807, 2.05) is 31.5 Å². The zero-order valence-corrected chi connectivity index (χ0v) is 11.3. The van der Waals surface area contributed by atoms with Crippen molar-refractivity contribution in [2.75, 3.05) is 6.61 Å². The van der Waals surface area contributed by atoms with E-state index in [9.17, 15) is 4.79 Å². The minimum atomic E-state index is -0.267. The SMILES string of the molecule is Cc1ccc(C(=O)OCCc2scnc2C)cc1. The zero-order valence-electron chi connectivity index (χ0n) is 10.5. The molecule has 0 radical (unpaired) electrons. The summed E-state index contributed by atoms with van der Waals surface area (Å²) in [4.78, 5) is 17.1. The maximum absolute atomic E-state index is 11.7. The third-order valence-corrected chi connectivity index (χ3v) is 3.69. The number of ether oxygens (including phenoxy) is 1. The van der Waals surface area contributed by atoms with E-state index >= 15 is 0 Å². The van der Waals surface area contributed by atoms with Gasteiger partial charge in [0, 0.05) is 11.3 Å². The second kappa shape index (κ2) is 5.78. The Morgan fingerprint density at radius 3 is 2.61 bits per heavy atom. The number of hydrogen-bond donors (Lipinski definition) is 0. The van der Waals surface area contributed by atoms with Gasteiger partial charge in [0.25, 0.3) is 0 Å². The van der Waals surface area contributed by atoms with E-state index in [-0.39, 0.29) is 5.97 Å². The quantitative estimate of drug-likeness (QED) is 0.794. The Labute approximate surface area is 110 Å². The van der Waals surface area contributed by atoms with Gasteiger partial charge in [0.15, 0.2) is 0 Å². The van der Waals surface area contributed by atoms with E-state index in [2.05, 4.69) is 4.98 Å². The van der Waals surface area contributed by atoms with Gasteiger partial charge in [0.05, 0.1) is 23.4 Å². The number of benzene rings is 1. The van der Waals surface area contributed by atoms with Crippen LogP contribution in [0.1, 0.15) is 26.5 Å². The molecule has 0 atom stereocenters. The van der Waals surface area contributed by atoms with Crippen molar-refractivity contribution in [3.8, 4) is 0 Å². The van der Waals surface area contributed by atoms with Crippen LogP contribution in [0.25, 0.3) is 0 Å². The van der Waals surface area contributed by atoms with Crippen LogP contribution in [0.2, 0.25) is 0 Å². The number of rotatable bonds is 4. The van der Waals surface area contributed by atoms with Gasteiger partial charge in [-0.3, -0.25) is 0 Å². The standard InChI is InChI=1S/C14H15NO2S/c1-10-3-5-12(6-4-10)14(16)17-8-7-13-11(2)15-9-18-13/h3-6,9H,7-8H2,1-2H3. The first-order valence-corrected chi connectivity index (χ1v) is 6.67. The van der Waals surface area contributed by atoms with Gasteiger partial charge in [0.1, 0.15) is 0 Å². The minimum absolute atomic E-state index is 0.267. The summed E-state index contributed by atoms with van der Waals surface area (Å²) in [5.74, 6) is -0.267. The number of aryl methyl sites for hydroxylation is 2. The normalized spacial score (nSPS) is 10.3. The van der Waals surface area contributed by atoms with Crippen LogP contribution in [0, 0.1) is 13.8 Å². The van der Waals surface area contributed by atoms with Crippen LogP contribution in [0.5, 0.6) is 0 Å². The molecule has 2 aromatic rings. The van der Waals surface area contributed by atoms with E-state index in [1.54, 1.807) is 23.5 Å². The highest BCUT2D eigenvalue weighted by atomic mass is 32.1. The maximum atomic E-state index is 11.7. The molecule has 0 N–H and O–H groups in total. The van der Waals surface area contributed by atoms with Gasteiger partial charge in [-0.05, 0) is 26.0 Å². The van der Waals surface area contributed by atoms with Crippen molar-refractivity contribution in [1.82, 2.24) is 4.98 Å². The average Bonchev–Trinajstić information content (AvgIpc) is 2.76. The summed E-state index contributed by atoms with van der Waals surface area (Å²) in [7, 11) is 0. The summed E-state index contributed by atoms with van der Waals surface area (Å²) in [6, 6.07) is 7.39. The Morgan fingerprint density at radius 1 is 1.28 bits per heavy atom. The van der Waals surface area contributed by atoms with Gasteiger partial charge in [-0.25, -0.2) is 9.78 Å². The summed E-state index contributed by atoms with van der Waals surface area (Å²) in [5, 5.41) is 0. The zero-order chi connectivity index (χ0) is 13.0. The molecule has 0 saturated heterocycles. The molecule has 1 heterocycles. The predicted molar refractivity (Wildman–Crippen MR) is 72.0 cm³/mol. The van der Waals surface area contributed by atoms with Crippen molar-refractivity contribution in [2.45, 2.75) is 20.3 Å². The predicted octanol–water partition coefficient (Wildman–Crippen LogP) is 3.16. The Kier molecular flexibility index (Phi) is 4.10. The summed E-state index contributed by atoms with van der Waals surface area (Å²) in [5.41, 5.74) is 4.56. The van der Waals surface area contributed by atoms with Crippen molar-refractivity contribution in [1.29, 1.82) is 0 Å². The van der Waals surface area contributed by atoms with Crippen molar-refractivity contribution < 1.29 is 9.53 Å². The Balaban J connectivity index is 1.85. The molecule has 0 amide bonds. The highest BCUT2D eigenvalue weighted by Gasteiger charge is 2.07. The first kappa shape index (κ1) is 12.8. The number of carbonyl (C=O) groups is 1. The number of hydrogen-bond acceptors (Lipinski definition) is 4. The lowest BCUT2D eigenvalue weighted by molar-refractivity contribution is 0.0510. The molecular weight excluding hydrogens is 246 g/mol. The Hall–Kier alpha value is -1.68. The lowest BCUT2D eigenvalue weighted by Gasteiger charge is -2.04. The molecule has 1 aromatic heterocycles. The maximum Gasteiger partial charge on any atom is 0.338 e. The monoisotopic (exact) mass is 261 g/mol. The molecule has 4 heteroatoms. The average molecular weight is 261 g/mol. The van der Waals surface area contributed by atoms with Crippen LogP contribution >= 0.6 is 11.3 Å². The fourth-order valence-electron chi connectivity index (χ4n) is 1.58. The van der Waals surface area contributed by atoms with Crippen LogP contribution in [-0.2, 0) is 11.2 Å².